The van der Waals surface area contributed by atoms with E-state index in [-0.39, 0.29) is 0 Å². The Morgan fingerprint density at radius 1 is 1.27 bits per heavy atom. The van der Waals surface area contributed by atoms with Crippen molar-refractivity contribution in [2.24, 2.45) is 7.05 Å². The molecule has 0 radical (unpaired) electrons. The summed E-state index contributed by atoms with van der Waals surface area (Å²) in [5.41, 5.74) is 0.821. The topological polar surface area (TPSA) is 17.8 Å². The molecule has 3 heteroatoms. The van der Waals surface area contributed by atoms with Crippen LogP contribution >= 0.6 is 11.6 Å². The molecule has 0 amide bonds. The smallest absolute Gasteiger partial charge is 0.185 e. The molecule has 0 atom stereocenters. The lowest BCUT2D eigenvalue weighted by atomic mass is 10.2. The standard InChI is InChI=1S/C12H9ClN2/c1-15-9-8-14-12(15)7-6-10-4-2-3-5-11(10)13/h2-5,8-9H,1H3. The minimum Gasteiger partial charge on any atom is -0.327 e. The number of aryl methyl sites for hydroxylation is 1. The first-order valence-electron chi connectivity index (χ1n) is 4.51. The molecule has 2 rings (SSSR count). The second kappa shape index (κ2) is 4.20. The lowest BCUT2D eigenvalue weighted by Gasteiger charge is -1.93. The van der Waals surface area contributed by atoms with Gasteiger partial charge in [0.25, 0.3) is 0 Å². The van der Waals surface area contributed by atoms with E-state index in [2.05, 4.69) is 16.8 Å². The van der Waals surface area contributed by atoms with Crippen molar-refractivity contribution in [2.45, 2.75) is 0 Å². The molecule has 1 heterocycles. The molecule has 0 aliphatic heterocycles. The van der Waals surface area contributed by atoms with Gasteiger partial charge in [0.2, 0.25) is 0 Å². The molecule has 0 unspecified atom stereocenters. The van der Waals surface area contributed by atoms with Crippen molar-refractivity contribution >= 4 is 11.6 Å². The molecule has 0 saturated carbocycles. The molecule has 74 valence electrons. The van der Waals surface area contributed by atoms with Crippen molar-refractivity contribution in [1.29, 1.82) is 0 Å². The maximum atomic E-state index is 5.97. The minimum atomic E-state index is 0.666. The summed E-state index contributed by atoms with van der Waals surface area (Å²) >= 11 is 5.97. The molecule has 1 aromatic heterocycles. The van der Waals surface area contributed by atoms with Gasteiger partial charge in [0.15, 0.2) is 5.82 Å². The van der Waals surface area contributed by atoms with Gasteiger partial charge < -0.3 is 4.57 Å². The van der Waals surface area contributed by atoms with E-state index < -0.39 is 0 Å². The van der Waals surface area contributed by atoms with Gasteiger partial charge in [-0.3, -0.25) is 0 Å². The third-order valence-electron chi connectivity index (χ3n) is 2.00. The first-order chi connectivity index (χ1) is 7.27. The lowest BCUT2D eigenvalue weighted by molar-refractivity contribution is 0.893. The van der Waals surface area contributed by atoms with E-state index in [0.29, 0.717) is 5.02 Å². The Morgan fingerprint density at radius 2 is 2.07 bits per heavy atom. The highest BCUT2D eigenvalue weighted by Crippen LogP contribution is 2.13. The molecule has 0 aliphatic rings. The number of rotatable bonds is 0. The zero-order valence-electron chi connectivity index (χ0n) is 8.24. The van der Waals surface area contributed by atoms with Crippen LogP contribution in [0.1, 0.15) is 11.4 Å². The molecular formula is C12H9ClN2. The van der Waals surface area contributed by atoms with Crippen LogP contribution in [0.3, 0.4) is 0 Å². The highest BCUT2D eigenvalue weighted by atomic mass is 35.5. The summed E-state index contributed by atoms with van der Waals surface area (Å²) in [6.45, 7) is 0. The summed E-state index contributed by atoms with van der Waals surface area (Å²) in [6.07, 6.45) is 3.58. The molecular weight excluding hydrogens is 208 g/mol. The van der Waals surface area contributed by atoms with Crippen LogP contribution in [0.15, 0.2) is 36.7 Å². The Morgan fingerprint density at radius 3 is 2.73 bits per heavy atom. The van der Waals surface area contributed by atoms with E-state index in [1.807, 2.05) is 42.1 Å². The first kappa shape index (κ1) is 9.82. The molecule has 2 nitrogen and oxygen atoms in total. The van der Waals surface area contributed by atoms with Crippen molar-refractivity contribution in [1.82, 2.24) is 9.55 Å². The fraction of sp³-hybridized carbons (Fsp3) is 0.0833. The summed E-state index contributed by atoms with van der Waals surface area (Å²) in [6, 6.07) is 7.50. The Hall–Kier alpha value is -1.72. The molecule has 0 bridgehead atoms. The largest absolute Gasteiger partial charge is 0.327 e. The van der Waals surface area contributed by atoms with Crippen LogP contribution in [0, 0.1) is 11.8 Å². The zero-order chi connectivity index (χ0) is 10.7. The number of hydrogen-bond donors (Lipinski definition) is 0. The van der Waals surface area contributed by atoms with E-state index in [9.17, 15) is 0 Å². The van der Waals surface area contributed by atoms with E-state index >= 15 is 0 Å². The zero-order valence-corrected chi connectivity index (χ0v) is 8.99. The van der Waals surface area contributed by atoms with Crippen LogP contribution in [0.25, 0.3) is 0 Å². The van der Waals surface area contributed by atoms with Gasteiger partial charge in [-0.25, -0.2) is 4.98 Å². The third kappa shape index (κ3) is 2.20. The highest BCUT2D eigenvalue weighted by molar-refractivity contribution is 6.31. The van der Waals surface area contributed by atoms with Crippen LogP contribution in [0.5, 0.6) is 0 Å². The Labute approximate surface area is 93.5 Å². The van der Waals surface area contributed by atoms with Crippen molar-refractivity contribution in [3.05, 3.63) is 53.1 Å². The summed E-state index contributed by atoms with van der Waals surface area (Å²) in [5.74, 6) is 6.69. The maximum absolute atomic E-state index is 5.97. The third-order valence-corrected chi connectivity index (χ3v) is 2.33. The van der Waals surface area contributed by atoms with Gasteiger partial charge in [-0.1, -0.05) is 29.7 Å². The van der Waals surface area contributed by atoms with Crippen molar-refractivity contribution in [2.75, 3.05) is 0 Å². The summed E-state index contributed by atoms with van der Waals surface area (Å²) < 4.78 is 1.86. The number of hydrogen-bond acceptors (Lipinski definition) is 1. The molecule has 0 fully saturated rings. The molecule has 0 spiro atoms. The Kier molecular flexibility index (Phi) is 2.75. The number of halogens is 1. The fourth-order valence-corrected chi connectivity index (χ4v) is 1.35. The average Bonchev–Trinajstić information content (AvgIpc) is 2.63. The van der Waals surface area contributed by atoms with E-state index in [1.165, 1.54) is 0 Å². The van der Waals surface area contributed by atoms with Crippen LogP contribution in [-0.4, -0.2) is 9.55 Å². The number of benzene rings is 1. The first-order valence-corrected chi connectivity index (χ1v) is 4.89. The van der Waals surface area contributed by atoms with Gasteiger partial charge in [-0.2, -0.15) is 0 Å². The van der Waals surface area contributed by atoms with Crippen molar-refractivity contribution in [3.8, 4) is 11.8 Å². The van der Waals surface area contributed by atoms with Gasteiger partial charge in [-0.15, -0.1) is 0 Å². The van der Waals surface area contributed by atoms with E-state index in [4.69, 9.17) is 11.6 Å². The molecule has 1 aromatic carbocycles. The molecule has 15 heavy (non-hydrogen) atoms. The monoisotopic (exact) mass is 216 g/mol. The number of aromatic nitrogens is 2. The van der Waals surface area contributed by atoms with Crippen LogP contribution in [0.2, 0.25) is 5.02 Å². The highest BCUT2D eigenvalue weighted by Gasteiger charge is 1.95. The molecule has 0 aliphatic carbocycles. The summed E-state index contributed by atoms with van der Waals surface area (Å²) in [5, 5.41) is 0.666. The summed E-state index contributed by atoms with van der Waals surface area (Å²) in [4.78, 5) is 4.11. The van der Waals surface area contributed by atoms with Gasteiger partial charge in [0.1, 0.15) is 0 Å². The Bertz CT molecular complexity index is 532. The van der Waals surface area contributed by atoms with E-state index in [0.717, 1.165) is 11.4 Å². The molecule has 0 saturated heterocycles. The quantitative estimate of drug-likeness (QED) is 0.619. The van der Waals surface area contributed by atoms with E-state index in [1.54, 1.807) is 6.20 Å². The minimum absolute atomic E-state index is 0.666. The Balaban J connectivity index is 2.34. The SMILES string of the molecule is Cn1ccnc1C#Cc1ccccc1Cl. The van der Waals surface area contributed by atoms with Crippen molar-refractivity contribution < 1.29 is 0 Å². The normalized spacial score (nSPS) is 9.47. The maximum Gasteiger partial charge on any atom is 0.185 e. The van der Waals surface area contributed by atoms with Crippen molar-refractivity contribution in [3.63, 3.8) is 0 Å². The number of imidazole rings is 1. The second-order valence-electron chi connectivity index (χ2n) is 3.09. The van der Waals surface area contributed by atoms with Gasteiger partial charge in [0.05, 0.1) is 5.02 Å². The summed E-state index contributed by atoms with van der Waals surface area (Å²) in [7, 11) is 1.91. The van der Waals surface area contributed by atoms with Gasteiger partial charge in [0, 0.05) is 25.0 Å². The predicted octanol–water partition coefficient (Wildman–Crippen LogP) is 2.47. The van der Waals surface area contributed by atoms with Crippen LogP contribution in [-0.2, 0) is 7.05 Å². The van der Waals surface area contributed by atoms with Crippen LogP contribution in [0.4, 0.5) is 0 Å². The average molecular weight is 217 g/mol. The van der Waals surface area contributed by atoms with Gasteiger partial charge in [-0.05, 0) is 18.1 Å². The number of nitrogens with zero attached hydrogens (tertiary/aromatic N) is 2. The second-order valence-corrected chi connectivity index (χ2v) is 3.50. The van der Waals surface area contributed by atoms with Gasteiger partial charge >= 0.3 is 0 Å². The fourth-order valence-electron chi connectivity index (χ4n) is 1.17. The molecule has 0 N–H and O–H groups in total. The van der Waals surface area contributed by atoms with Crippen LogP contribution < -0.4 is 0 Å². The lowest BCUT2D eigenvalue weighted by Crippen LogP contribution is -1.90. The molecule has 2 aromatic rings. The predicted molar refractivity (Wildman–Crippen MR) is 60.6 cm³/mol.